The Morgan fingerprint density at radius 1 is 0.886 bits per heavy atom. The Kier molecular flexibility index (Phi) is 5.55. The van der Waals surface area contributed by atoms with Gasteiger partial charge in [0.1, 0.15) is 11.4 Å². The van der Waals surface area contributed by atoms with E-state index in [0.717, 1.165) is 32.1 Å². The summed E-state index contributed by atoms with van der Waals surface area (Å²) >= 11 is 0. The van der Waals surface area contributed by atoms with E-state index in [1.54, 1.807) is 0 Å². The number of aliphatic hydroxyl groups excluding tert-OH is 1. The topological polar surface area (TPSA) is 72.8 Å². The first-order chi connectivity index (χ1) is 16.0. The van der Waals surface area contributed by atoms with Crippen molar-refractivity contribution in [2.75, 3.05) is 0 Å². The first-order valence-corrected chi connectivity index (χ1v) is 14.1. The predicted octanol–water partition coefficient (Wildman–Crippen LogP) is 5.85. The molecule has 5 heteroatoms. The van der Waals surface area contributed by atoms with Gasteiger partial charge in [0.15, 0.2) is 0 Å². The number of rotatable bonds is 1. The minimum absolute atomic E-state index is 0.118. The Hall–Kier alpha value is -0.940. The van der Waals surface area contributed by atoms with Crippen LogP contribution in [0.4, 0.5) is 0 Å². The molecule has 0 aromatic carbocycles. The molecule has 0 bridgehead atoms. The van der Waals surface area contributed by atoms with Gasteiger partial charge in [-0.25, -0.2) is 0 Å². The van der Waals surface area contributed by atoms with Gasteiger partial charge in [-0.15, -0.1) is 0 Å². The molecule has 0 radical (unpaired) electrons. The molecule has 2 saturated heterocycles. The van der Waals surface area contributed by atoms with Crippen LogP contribution in [0.25, 0.3) is 0 Å². The Balaban J connectivity index is 1.56. The quantitative estimate of drug-likeness (QED) is 0.468. The Labute approximate surface area is 212 Å². The van der Waals surface area contributed by atoms with E-state index >= 15 is 0 Å². The number of carbonyl (C=O) groups excluding carboxylic acids is 2. The van der Waals surface area contributed by atoms with Crippen LogP contribution in [0.5, 0.6) is 0 Å². The van der Waals surface area contributed by atoms with Gasteiger partial charge < -0.3 is 14.6 Å². The normalized spacial score (nSPS) is 53.1. The largest absolute Gasteiger partial charge is 0.459 e. The summed E-state index contributed by atoms with van der Waals surface area (Å²) in [6.45, 7) is 17.4. The van der Waals surface area contributed by atoms with Crippen molar-refractivity contribution in [1.82, 2.24) is 0 Å². The lowest BCUT2D eigenvalue weighted by Gasteiger charge is -2.67. The molecule has 5 nitrogen and oxygen atoms in total. The number of hydrogen-bond acceptors (Lipinski definition) is 5. The van der Waals surface area contributed by atoms with Crippen LogP contribution in [0.15, 0.2) is 0 Å². The minimum Gasteiger partial charge on any atom is -0.459 e. The molecule has 5 rings (SSSR count). The molecule has 1 N–H and O–H groups in total. The molecule has 0 aromatic rings. The van der Waals surface area contributed by atoms with E-state index in [9.17, 15) is 14.7 Å². The highest BCUT2D eigenvalue weighted by atomic mass is 16.6. The van der Waals surface area contributed by atoms with Gasteiger partial charge >= 0.3 is 5.97 Å². The van der Waals surface area contributed by atoms with Gasteiger partial charge in [-0.05, 0) is 114 Å². The second-order valence-corrected chi connectivity index (χ2v) is 15.0. The van der Waals surface area contributed by atoms with E-state index < -0.39 is 11.7 Å². The highest BCUT2D eigenvalue weighted by Gasteiger charge is 2.73. The lowest BCUT2D eigenvalue weighted by atomic mass is 9.37. The van der Waals surface area contributed by atoms with Crippen LogP contribution in [0.1, 0.15) is 113 Å². The highest BCUT2D eigenvalue weighted by molar-refractivity contribution is 5.86. The zero-order valence-electron chi connectivity index (χ0n) is 23.3. The molecule has 9 atom stereocenters. The number of carbonyl (C=O) groups is 2. The second-order valence-electron chi connectivity index (χ2n) is 15.0. The van der Waals surface area contributed by atoms with Crippen molar-refractivity contribution < 1.29 is 24.2 Å². The van der Waals surface area contributed by atoms with Crippen molar-refractivity contribution in [3.8, 4) is 0 Å². The first kappa shape index (κ1) is 25.7. The van der Waals surface area contributed by atoms with Crippen molar-refractivity contribution in [3.63, 3.8) is 0 Å². The summed E-state index contributed by atoms with van der Waals surface area (Å²) in [6, 6.07) is 0. The number of aliphatic hydroxyl groups is 1. The first-order valence-electron chi connectivity index (χ1n) is 14.1. The maximum absolute atomic E-state index is 14.0. The molecule has 0 unspecified atom stereocenters. The van der Waals surface area contributed by atoms with Gasteiger partial charge in [0.05, 0.1) is 23.2 Å². The fourth-order valence-corrected chi connectivity index (χ4v) is 10.8. The van der Waals surface area contributed by atoms with E-state index in [-0.39, 0.29) is 62.9 Å². The number of fused-ring (bicyclic) bond motifs is 5. The summed E-state index contributed by atoms with van der Waals surface area (Å²) in [7, 11) is 0. The van der Waals surface area contributed by atoms with Crippen molar-refractivity contribution in [3.05, 3.63) is 0 Å². The molecule has 3 aliphatic carbocycles. The fraction of sp³-hybridized carbons (Fsp3) is 0.933. The van der Waals surface area contributed by atoms with Gasteiger partial charge in [-0.1, -0.05) is 20.8 Å². The van der Waals surface area contributed by atoms with Crippen molar-refractivity contribution in [2.45, 2.75) is 136 Å². The molecular weight excluding hydrogens is 440 g/mol. The van der Waals surface area contributed by atoms with E-state index in [1.165, 1.54) is 0 Å². The van der Waals surface area contributed by atoms with E-state index in [1.807, 2.05) is 13.8 Å². The Morgan fingerprint density at radius 3 is 2.23 bits per heavy atom. The van der Waals surface area contributed by atoms with Crippen LogP contribution >= 0.6 is 0 Å². The van der Waals surface area contributed by atoms with Crippen LogP contribution in [0, 0.1) is 39.9 Å². The van der Waals surface area contributed by atoms with Crippen molar-refractivity contribution in [2.24, 2.45) is 39.9 Å². The molecule has 5 fully saturated rings. The fourth-order valence-electron chi connectivity index (χ4n) is 10.8. The van der Waals surface area contributed by atoms with Crippen LogP contribution in [-0.4, -0.2) is 39.8 Å². The summed E-state index contributed by atoms with van der Waals surface area (Å²) in [5, 5.41) is 11.9. The number of cyclic esters (lactones) is 1. The lowest BCUT2D eigenvalue weighted by molar-refractivity contribution is -0.241. The molecule has 5 aliphatic rings. The SMILES string of the molecule is CC1(C)CCC[C@](C)([C@H]2CC[C@]3(C)[C@@H]2[C@H](O)C[C@@H]2[C@@]4(C)CCC(=O)OC(C)(C)[C@@H]4C(=O)C[C@]23C)O1. The van der Waals surface area contributed by atoms with Crippen molar-refractivity contribution in [1.29, 1.82) is 0 Å². The smallest absolute Gasteiger partial charge is 0.306 e. The maximum Gasteiger partial charge on any atom is 0.306 e. The Bertz CT molecular complexity index is 924. The number of ketones is 1. The van der Waals surface area contributed by atoms with Crippen molar-refractivity contribution >= 4 is 11.8 Å². The zero-order valence-corrected chi connectivity index (χ0v) is 23.3. The molecule has 198 valence electrons. The number of Topliss-reactive ketones (excluding diaryl/α,β-unsaturated/α-hetero) is 1. The summed E-state index contributed by atoms with van der Waals surface area (Å²) in [4.78, 5) is 26.6. The zero-order chi connectivity index (χ0) is 25.8. The Morgan fingerprint density at radius 2 is 1.57 bits per heavy atom. The highest BCUT2D eigenvalue weighted by Crippen LogP contribution is 2.74. The average Bonchev–Trinajstić information content (AvgIpc) is 3.03. The van der Waals surface area contributed by atoms with Gasteiger partial charge in [-0.3, -0.25) is 9.59 Å². The van der Waals surface area contributed by atoms with Crippen LogP contribution < -0.4 is 0 Å². The standard InChI is InChI=1S/C30H48O5/c1-25(2)12-9-13-30(8,35-25)18-10-15-28(6)23(18)19(31)16-21-27(5)14-11-22(33)34-26(3,4)24(27)20(32)17-29(21,28)7/h18-19,21,23-24,31H,9-17H2,1-8H3/t18-,19+,21+,23-,24-,27+,28+,29+,30+/m0/s1. The number of esters is 1. The van der Waals surface area contributed by atoms with Crippen LogP contribution in [0.3, 0.4) is 0 Å². The molecule has 3 saturated carbocycles. The molecule has 0 aromatic heterocycles. The lowest BCUT2D eigenvalue weighted by Crippen LogP contribution is -2.67. The monoisotopic (exact) mass is 488 g/mol. The second kappa shape index (κ2) is 7.56. The van der Waals surface area contributed by atoms with Gasteiger partial charge in [0.2, 0.25) is 0 Å². The third-order valence-electron chi connectivity index (χ3n) is 12.1. The van der Waals surface area contributed by atoms with Crippen LogP contribution in [0.2, 0.25) is 0 Å². The summed E-state index contributed by atoms with van der Waals surface area (Å²) in [5.41, 5.74) is -1.96. The van der Waals surface area contributed by atoms with Crippen LogP contribution in [-0.2, 0) is 19.1 Å². The van der Waals surface area contributed by atoms with Gasteiger partial charge in [-0.2, -0.15) is 0 Å². The molecule has 2 heterocycles. The molecule has 0 amide bonds. The number of ether oxygens (including phenoxy) is 2. The summed E-state index contributed by atoms with van der Waals surface area (Å²) in [6.07, 6.45) is 7.08. The van der Waals surface area contributed by atoms with E-state index in [4.69, 9.17) is 9.47 Å². The van der Waals surface area contributed by atoms with E-state index in [0.29, 0.717) is 25.7 Å². The molecule has 0 spiro atoms. The minimum atomic E-state index is -0.823. The number of hydrogen-bond donors (Lipinski definition) is 1. The van der Waals surface area contributed by atoms with E-state index in [2.05, 4.69) is 41.5 Å². The third-order valence-corrected chi connectivity index (χ3v) is 12.1. The van der Waals surface area contributed by atoms with Gasteiger partial charge in [0.25, 0.3) is 0 Å². The summed E-state index contributed by atoms with van der Waals surface area (Å²) < 4.78 is 12.7. The molecular formula is C30H48O5. The average molecular weight is 489 g/mol. The maximum atomic E-state index is 14.0. The summed E-state index contributed by atoms with van der Waals surface area (Å²) in [5.74, 6) is 0.281. The predicted molar refractivity (Wildman–Crippen MR) is 135 cm³/mol. The molecule has 2 aliphatic heterocycles. The third kappa shape index (κ3) is 3.46. The van der Waals surface area contributed by atoms with Gasteiger partial charge in [0, 0.05) is 12.8 Å². The molecule has 35 heavy (non-hydrogen) atoms.